The zero-order valence-corrected chi connectivity index (χ0v) is 10.9. The molecular formula is C13H12ClN5. The molecule has 19 heavy (non-hydrogen) atoms. The fourth-order valence-corrected chi connectivity index (χ4v) is 2.07. The van der Waals surface area contributed by atoms with Gasteiger partial charge >= 0.3 is 0 Å². The Morgan fingerprint density at radius 3 is 2.84 bits per heavy atom. The van der Waals surface area contributed by atoms with E-state index in [-0.39, 0.29) is 5.28 Å². The van der Waals surface area contributed by atoms with E-state index in [1.807, 2.05) is 18.2 Å². The molecule has 0 spiro atoms. The lowest BCUT2D eigenvalue weighted by Crippen LogP contribution is -2.07. The monoisotopic (exact) mass is 273 g/mol. The third kappa shape index (κ3) is 2.66. The van der Waals surface area contributed by atoms with Gasteiger partial charge in [0.05, 0.1) is 6.33 Å². The van der Waals surface area contributed by atoms with Gasteiger partial charge in [0, 0.05) is 6.54 Å². The topological polar surface area (TPSA) is 66.5 Å². The number of hydrogen-bond acceptors (Lipinski definition) is 4. The van der Waals surface area contributed by atoms with Crippen LogP contribution in [0.15, 0.2) is 36.7 Å². The minimum Gasteiger partial charge on any atom is -0.368 e. The van der Waals surface area contributed by atoms with Crippen molar-refractivity contribution in [2.45, 2.75) is 6.42 Å². The third-order valence-corrected chi connectivity index (χ3v) is 2.98. The van der Waals surface area contributed by atoms with Crippen molar-refractivity contribution in [3.63, 3.8) is 0 Å². The van der Waals surface area contributed by atoms with E-state index in [0.717, 1.165) is 18.5 Å². The summed E-state index contributed by atoms with van der Waals surface area (Å²) in [7, 11) is 0. The van der Waals surface area contributed by atoms with E-state index in [1.165, 1.54) is 5.56 Å². The van der Waals surface area contributed by atoms with Gasteiger partial charge in [0.15, 0.2) is 11.5 Å². The second-order valence-corrected chi connectivity index (χ2v) is 4.44. The first-order valence-corrected chi connectivity index (χ1v) is 6.35. The quantitative estimate of drug-likeness (QED) is 0.717. The van der Waals surface area contributed by atoms with Crippen molar-refractivity contribution in [1.82, 2.24) is 19.9 Å². The molecule has 0 atom stereocenters. The van der Waals surface area contributed by atoms with Crippen molar-refractivity contribution in [2.75, 3.05) is 11.9 Å². The fourth-order valence-electron chi connectivity index (χ4n) is 1.90. The molecule has 0 aliphatic heterocycles. The molecule has 0 aliphatic rings. The first kappa shape index (κ1) is 11.9. The van der Waals surface area contributed by atoms with Gasteiger partial charge in [-0.1, -0.05) is 30.3 Å². The van der Waals surface area contributed by atoms with Crippen molar-refractivity contribution in [2.24, 2.45) is 0 Å². The highest BCUT2D eigenvalue weighted by atomic mass is 35.5. The average molecular weight is 274 g/mol. The Kier molecular flexibility index (Phi) is 3.29. The van der Waals surface area contributed by atoms with E-state index in [4.69, 9.17) is 11.6 Å². The van der Waals surface area contributed by atoms with Crippen LogP contribution in [-0.4, -0.2) is 26.5 Å². The molecular weight excluding hydrogens is 262 g/mol. The summed E-state index contributed by atoms with van der Waals surface area (Å²) in [5, 5.41) is 3.45. The number of halogens is 1. The minimum atomic E-state index is 0.196. The van der Waals surface area contributed by atoms with Crippen molar-refractivity contribution >= 4 is 28.6 Å². The van der Waals surface area contributed by atoms with Gasteiger partial charge in [-0.2, -0.15) is 9.97 Å². The third-order valence-electron chi connectivity index (χ3n) is 2.81. The first-order chi connectivity index (χ1) is 9.33. The van der Waals surface area contributed by atoms with Crippen molar-refractivity contribution in [3.05, 3.63) is 47.5 Å². The highest BCUT2D eigenvalue weighted by Gasteiger charge is 2.08. The lowest BCUT2D eigenvalue weighted by Gasteiger charge is -2.06. The summed E-state index contributed by atoms with van der Waals surface area (Å²) < 4.78 is 0. The molecule has 96 valence electrons. The maximum absolute atomic E-state index is 5.86. The predicted molar refractivity (Wildman–Crippen MR) is 75.3 cm³/mol. The van der Waals surface area contributed by atoms with Crippen molar-refractivity contribution in [1.29, 1.82) is 0 Å². The number of aromatic nitrogens is 4. The molecule has 6 heteroatoms. The van der Waals surface area contributed by atoms with Gasteiger partial charge in [-0.15, -0.1) is 0 Å². The minimum absolute atomic E-state index is 0.196. The Balaban J connectivity index is 1.73. The van der Waals surface area contributed by atoms with Crippen LogP contribution in [0.5, 0.6) is 0 Å². The lowest BCUT2D eigenvalue weighted by atomic mass is 10.1. The number of aromatic amines is 1. The van der Waals surface area contributed by atoms with Crippen LogP contribution in [0, 0.1) is 0 Å². The molecule has 0 fully saturated rings. The van der Waals surface area contributed by atoms with E-state index in [2.05, 4.69) is 37.4 Å². The molecule has 3 rings (SSSR count). The van der Waals surface area contributed by atoms with Crippen LogP contribution in [-0.2, 0) is 6.42 Å². The zero-order chi connectivity index (χ0) is 13.1. The normalized spacial score (nSPS) is 10.8. The summed E-state index contributed by atoms with van der Waals surface area (Å²) in [6.07, 6.45) is 2.50. The Morgan fingerprint density at radius 2 is 2.00 bits per heavy atom. The summed E-state index contributed by atoms with van der Waals surface area (Å²) in [6, 6.07) is 10.3. The second kappa shape index (κ2) is 5.24. The first-order valence-electron chi connectivity index (χ1n) is 5.97. The largest absolute Gasteiger partial charge is 0.368 e. The van der Waals surface area contributed by atoms with Gasteiger partial charge in [-0.3, -0.25) is 0 Å². The number of imidazole rings is 1. The van der Waals surface area contributed by atoms with Gasteiger partial charge < -0.3 is 10.3 Å². The Hall–Kier alpha value is -2.14. The molecule has 0 aliphatic carbocycles. The molecule has 0 radical (unpaired) electrons. The summed E-state index contributed by atoms with van der Waals surface area (Å²) in [4.78, 5) is 15.3. The van der Waals surface area contributed by atoms with E-state index in [0.29, 0.717) is 11.5 Å². The molecule has 5 nitrogen and oxygen atoms in total. The van der Waals surface area contributed by atoms with E-state index in [1.54, 1.807) is 6.33 Å². The summed E-state index contributed by atoms with van der Waals surface area (Å²) in [5.41, 5.74) is 2.62. The second-order valence-electron chi connectivity index (χ2n) is 4.10. The molecule has 2 heterocycles. The molecule has 2 N–H and O–H groups in total. The molecule has 0 bridgehead atoms. The summed E-state index contributed by atoms with van der Waals surface area (Å²) in [5.74, 6) is 0.684. The smallest absolute Gasteiger partial charge is 0.226 e. The van der Waals surface area contributed by atoms with Crippen LogP contribution in [0.1, 0.15) is 5.56 Å². The van der Waals surface area contributed by atoms with Gasteiger partial charge in [0.1, 0.15) is 5.52 Å². The predicted octanol–water partition coefficient (Wildman–Crippen LogP) is 2.66. The summed E-state index contributed by atoms with van der Waals surface area (Å²) >= 11 is 5.86. The average Bonchev–Trinajstić information content (AvgIpc) is 2.88. The number of fused-ring (bicyclic) bond motifs is 1. The molecule has 0 unspecified atom stereocenters. The Bertz CT molecular complexity index is 680. The SMILES string of the molecule is Clc1nc(NCCc2ccccc2)c2[nH]cnc2n1. The summed E-state index contributed by atoms with van der Waals surface area (Å²) in [6.45, 7) is 0.769. The van der Waals surface area contributed by atoms with Crippen molar-refractivity contribution < 1.29 is 0 Å². The van der Waals surface area contributed by atoms with Crippen LogP contribution >= 0.6 is 11.6 Å². The highest BCUT2D eigenvalue weighted by Crippen LogP contribution is 2.18. The van der Waals surface area contributed by atoms with Gasteiger partial charge in [-0.25, -0.2) is 4.98 Å². The standard InChI is InChI=1S/C13H12ClN5/c14-13-18-11(10-12(19-13)17-8-16-10)15-7-6-9-4-2-1-3-5-9/h1-5,8H,6-7H2,(H2,15,16,17,18,19). The van der Waals surface area contributed by atoms with E-state index >= 15 is 0 Å². The molecule has 0 saturated heterocycles. The van der Waals surface area contributed by atoms with Crippen LogP contribution in [0.25, 0.3) is 11.2 Å². The highest BCUT2D eigenvalue weighted by molar-refractivity contribution is 6.28. The van der Waals surface area contributed by atoms with Crippen molar-refractivity contribution in [3.8, 4) is 0 Å². The number of nitrogens with one attached hydrogen (secondary N) is 2. The van der Waals surface area contributed by atoms with E-state index < -0.39 is 0 Å². The maximum atomic E-state index is 5.86. The molecule has 0 amide bonds. The number of benzene rings is 1. The maximum Gasteiger partial charge on any atom is 0.226 e. The van der Waals surface area contributed by atoms with Crippen LogP contribution in [0.3, 0.4) is 0 Å². The van der Waals surface area contributed by atoms with Crippen LogP contribution in [0.4, 0.5) is 5.82 Å². The molecule has 1 aromatic carbocycles. The van der Waals surface area contributed by atoms with Crippen LogP contribution in [0.2, 0.25) is 5.28 Å². The fraction of sp³-hybridized carbons (Fsp3) is 0.154. The van der Waals surface area contributed by atoms with Crippen LogP contribution < -0.4 is 5.32 Å². The lowest BCUT2D eigenvalue weighted by molar-refractivity contribution is 1.00. The molecule has 3 aromatic rings. The van der Waals surface area contributed by atoms with Gasteiger partial charge in [0.25, 0.3) is 0 Å². The number of anilines is 1. The Labute approximate surface area is 115 Å². The Morgan fingerprint density at radius 1 is 1.16 bits per heavy atom. The number of nitrogens with zero attached hydrogens (tertiary/aromatic N) is 3. The molecule has 2 aromatic heterocycles. The zero-order valence-electron chi connectivity index (χ0n) is 10.1. The number of hydrogen-bond donors (Lipinski definition) is 2. The number of rotatable bonds is 4. The molecule has 0 saturated carbocycles. The van der Waals surface area contributed by atoms with Gasteiger partial charge in [-0.05, 0) is 23.6 Å². The number of H-pyrrole nitrogens is 1. The van der Waals surface area contributed by atoms with Gasteiger partial charge in [0.2, 0.25) is 5.28 Å². The van der Waals surface area contributed by atoms with E-state index in [9.17, 15) is 0 Å².